The van der Waals surface area contributed by atoms with Crippen LogP contribution < -0.4 is 15.8 Å². The molecule has 4 nitrogen and oxygen atoms in total. The fourth-order valence-corrected chi connectivity index (χ4v) is 3.35. The van der Waals surface area contributed by atoms with Gasteiger partial charge in [-0.05, 0) is 62.1 Å². The molecule has 4 heteroatoms. The minimum Gasteiger partial charge on any atom is -0.455 e. The fraction of sp³-hybridized carbons (Fsp3) is 0.350. The highest BCUT2D eigenvalue weighted by Crippen LogP contribution is 2.34. The summed E-state index contributed by atoms with van der Waals surface area (Å²) in [4.78, 5) is 12.6. The van der Waals surface area contributed by atoms with Crippen LogP contribution in [0.2, 0.25) is 0 Å². The third kappa shape index (κ3) is 3.77. The van der Waals surface area contributed by atoms with E-state index in [0.29, 0.717) is 18.0 Å². The molecular weight excluding hydrogens is 300 g/mol. The molecule has 0 aliphatic heterocycles. The molecule has 0 saturated heterocycles. The number of para-hydroxylation sites is 2. The quantitative estimate of drug-likeness (QED) is 0.870. The maximum atomic E-state index is 12.6. The summed E-state index contributed by atoms with van der Waals surface area (Å²) < 4.78 is 5.97. The van der Waals surface area contributed by atoms with Gasteiger partial charge in [-0.1, -0.05) is 30.7 Å². The molecule has 0 heterocycles. The Morgan fingerprint density at radius 1 is 1.21 bits per heavy atom. The molecule has 0 radical (unpaired) electrons. The average Bonchev–Trinajstić information content (AvgIpc) is 3.05. The van der Waals surface area contributed by atoms with E-state index in [1.54, 1.807) is 0 Å². The zero-order chi connectivity index (χ0) is 16.9. The molecule has 0 unspecified atom stereocenters. The number of aryl methyl sites for hydroxylation is 1. The average molecular weight is 324 g/mol. The Labute approximate surface area is 143 Å². The number of benzene rings is 2. The van der Waals surface area contributed by atoms with E-state index in [-0.39, 0.29) is 17.7 Å². The summed E-state index contributed by atoms with van der Waals surface area (Å²) in [7, 11) is 0. The first kappa shape index (κ1) is 16.5. The van der Waals surface area contributed by atoms with Gasteiger partial charge in [0.05, 0.1) is 5.69 Å². The molecule has 2 aromatic rings. The summed E-state index contributed by atoms with van der Waals surface area (Å²) in [5.41, 5.74) is 7.63. The Bertz CT molecular complexity index is 714. The number of carbonyl (C=O) groups is 1. The summed E-state index contributed by atoms with van der Waals surface area (Å²) in [5.74, 6) is 1.75. The SMILES string of the molecule is Cc1cccc(Oc2ccccc2NC(=O)[C@@H]2CCC[C@@H]2CN)c1. The van der Waals surface area contributed by atoms with Crippen LogP contribution in [-0.2, 0) is 4.79 Å². The van der Waals surface area contributed by atoms with E-state index in [4.69, 9.17) is 10.5 Å². The van der Waals surface area contributed by atoms with Gasteiger partial charge in [-0.2, -0.15) is 0 Å². The van der Waals surface area contributed by atoms with Gasteiger partial charge in [0.25, 0.3) is 0 Å². The second-order valence-corrected chi connectivity index (χ2v) is 6.44. The number of nitrogens with two attached hydrogens (primary N) is 1. The molecule has 2 atom stereocenters. The van der Waals surface area contributed by atoms with Crippen LogP contribution in [0.4, 0.5) is 5.69 Å². The minimum atomic E-state index is 0.00188. The molecule has 1 aliphatic carbocycles. The van der Waals surface area contributed by atoms with Crippen LogP contribution >= 0.6 is 0 Å². The molecule has 1 fully saturated rings. The van der Waals surface area contributed by atoms with Crippen molar-refractivity contribution in [2.24, 2.45) is 17.6 Å². The molecule has 1 saturated carbocycles. The Morgan fingerprint density at radius 3 is 2.83 bits per heavy atom. The van der Waals surface area contributed by atoms with E-state index >= 15 is 0 Å². The van der Waals surface area contributed by atoms with Crippen LogP contribution in [0.1, 0.15) is 24.8 Å². The summed E-state index contributed by atoms with van der Waals surface area (Å²) in [6.07, 6.45) is 3.02. The molecular formula is C20H24N2O2. The van der Waals surface area contributed by atoms with Gasteiger partial charge in [0.2, 0.25) is 5.91 Å². The van der Waals surface area contributed by atoms with Crippen LogP contribution in [0.25, 0.3) is 0 Å². The Hall–Kier alpha value is -2.33. The summed E-state index contributed by atoms with van der Waals surface area (Å²) in [6, 6.07) is 15.4. The smallest absolute Gasteiger partial charge is 0.227 e. The zero-order valence-electron chi connectivity index (χ0n) is 14.0. The van der Waals surface area contributed by atoms with E-state index < -0.39 is 0 Å². The van der Waals surface area contributed by atoms with Crippen molar-refractivity contribution in [2.75, 3.05) is 11.9 Å². The van der Waals surface area contributed by atoms with Crippen molar-refractivity contribution in [3.8, 4) is 11.5 Å². The zero-order valence-corrected chi connectivity index (χ0v) is 14.0. The van der Waals surface area contributed by atoms with Crippen molar-refractivity contribution in [3.63, 3.8) is 0 Å². The molecule has 0 spiro atoms. The van der Waals surface area contributed by atoms with E-state index in [9.17, 15) is 4.79 Å². The van der Waals surface area contributed by atoms with Gasteiger partial charge in [0.1, 0.15) is 5.75 Å². The summed E-state index contributed by atoms with van der Waals surface area (Å²) >= 11 is 0. The van der Waals surface area contributed by atoms with E-state index in [2.05, 4.69) is 5.32 Å². The van der Waals surface area contributed by atoms with Crippen molar-refractivity contribution in [1.29, 1.82) is 0 Å². The lowest BCUT2D eigenvalue weighted by Crippen LogP contribution is -2.29. The molecule has 24 heavy (non-hydrogen) atoms. The van der Waals surface area contributed by atoms with Gasteiger partial charge in [-0.15, -0.1) is 0 Å². The lowest BCUT2D eigenvalue weighted by molar-refractivity contribution is -0.120. The molecule has 3 rings (SSSR count). The first-order valence-corrected chi connectivity index (χ1v) is 8.52. The lowest BCUT2D eigenvalue weighted by atomic mass is 9.95. The largest absolute Gasteiger partial charge is 0.455 e. The Balaban J connectivity index is 1.75. The van der Waals surface area contributed by atoms with Gasteiger partial charge in [-0.25, -0.2) is 0 Å². The Morgan fingerprint density at radius 2 is 2.04 bits per heavy atom. The van der Waals surface area contributed by atoms with Crippen molar-refractivity contribution in [2.45, 2.75) is 26.2 Å². The predicted octanol–water partition coefficient (Wildman–Crippen LogP) is 4.10. The van der Waals surface area contributed by atoms with Crippen LogP contribution in [0, 0.1) is 18.8 Å². The molecule has 126 valence electrons. The molecule has 0 aromatic heterocycles. The molecule has 1 aliphatic rings. The number of hydrogen-bond donors (Lipinski definition) is 2. The van der Waals surface area contributed by atoms with Gasteiger partial charge in [-0.3, -0.25) is 4.79 Å². The molecule has 1 amide bonds. The van der Waals surface area contributed by atoms with Crippen LogP contribution in [-0.4, -0.2) is 12.5 Å². The highest BCUT2D eigenvalue weighted by Gasteiger charge is 2.32. The third-order valence-electron chi connectivity index (χ3n) is 4.66. The second-order valence-electron chi connectivity index (χ2n) is 6.44. The Kier molecular flexibility index (Phi) is 5.16. The lowest BCUT2D eigenvalue weighted by Gasteiger charge is -2.19. The summed E-state index contributed by atoms with van der Waals surface area (Å²) in [6.45, 7) is 2.59. The topological polar surface area (TPSA) is 64.3 Å². The van der Waals surface area contributed by atoms with Gasteiger partial charge < -0.3 is 15.8 Å². The number of nitrogens with one attached hydrogen (secondary N) is 1. The van der Waals surface area contributed by atoms with Crippen molar-refractivity contribution in [3.05, 3.63) is 54.1 Å². The van der Waals surface area contributed by atoms with Crippen LogP contribution in [0.3, 0.4) is 0 Å². The fourth-order valence-electron chi connectivity index (χ4n) is 3.35. The number of anilines is 1. The van der Waals surface area contributed by atoms with Gasteiger partial charge >= 0.3 is 0 Å². The first-order valence-electron chi connectivity index (χ1n) is 8.52. The van der Waals surface area contributed by atoms with Crippen molar-refractivity contribution < 1.29 is 9.53 Å². The van der Waals surface area contributed by atoms with Gasteiger partial charge in [0, 0.05) is 5.92 Å². The first-order chi connectivity index (χ1) is 11.7. The molecule has 0 bridgehead atoms. The number of amides is 1. The highest BCUT2D eigenvalue weighted by atomic mass is 16.5. The van der Waals surface area contributed by atoms with Crippen LogP contribution in [0.15, 0.2) is 48.5 Å². The second kappa shape index (κ2) is 7.49. The van der Waals surface area contributed by atoms with Crippen LogP contribution in [0.5, 0.6) is 11.5 Å². The number of rotatable bonds is 5. The standard InChI is InChI=1S/C20H24N2O2/c1-14-6-4-8-16(12-14)24-19-11-3-2-10-18(19)22-20(23)17-9-5-7-15(17)13-21/h2-4,6,8,10-12,15,17H,5,7,9,13,21H2,1H3,(H,22,23)/t15-,17-/m1/s1. The number of hydrogen-bond acceptors (Lipinski definition) is 3. The van der Waals surface area contributed by atoms with Crippen molar-refractivity contribution >= 4 is 11.6 Å². The third-order valence-corrected chi connectivity index (χ3v) is 4.66. The maximum Gasteiger partial charge on any atom is 0.227 e. The van der Waals surface area contributed by atoms with E-state index in [1.807, 2.05) is 55.5 Å². The van der Waals surface area contributed by atoms with Gasteiger partial charge in [0.15, 0.2) is 5.75 Å². The summed E-state index contributed by atoms with van der Waals surface area (Å²) in [5, 5.41) is 3.03. The monoisotopic (exact) mass is 324 g/mol. The molecule has 2 aromatic carbocycles. The van der Waals surface area contributed by atoms with Crippen molar-refractivity contribution in [1.82, 2.24) is 0 Å². The highest BCUT2D eigenvalue weighted by molar-refractivity contribution is 5.94. The normalized spacial score (nSPS) is 19.9. The number of ether oxygens (including phenoxy) is 1. The van der Waals surface area contributed by atoms with E-state index in [1.165, 1.54) is 0 Å². The van der Waals surface area contributed by atoms with E-state index in [0.717, 1.165) is 30.6 Å². The molecule has 3 N–H and O–H groups in total. The number of carbonyl (C=O) groups excluding carboxylic acids is 1. The minimum absolute atomic E-state index is 0.00188. The maximum absolute atomic E-state index is 12.6. The predicted molar refractivity (Wildman–Crippen MR) is 96.2 cm³/mol.